The van der Waals surface area contributed by atoms with Crippen LogP contribution in [0.4, 0.5) is 5.69 Å². The van der Waals surface area contributed by atoms with Crippen molar-refractivity contribution in [3.05, 3.63) is 60.1 Å². The second kappa shape index (κ2) is 7.16. The van der Waals surface area contributed by atoms with Crippen molar-refractivity contribution >= 4 is 17.2 Å². The zero-order chi connectivity index (χ0) is 22.7. The zero-order valence-electron chi connectivity index (χ0n) is 18.8. The fraction of sp³-hybridized carbons (Fsp3) is 0.360. The number of aromatic nitrogens is 4. The Morgan fingerprint density at radius 3 is 2.76 bits per heavy atom. The number of carbonyl (C=O) groups is 1. The summed E-state index contributed by atoms with van der Waals surface area (Å²) in [6.45, 7) is 5.80. The predicted octanol–water partition coefficient (Wildman–Crippen LogP) is 4.78. The van der Waals surface area contributed by atoms with Crippen molar-refractivity contribution < 1.29 is 13.9 Å². The molecule has 4 aromatic heterocycles. The number of pyridine rings is 2. The number of anilines is 1. The number of nitrogens with one attached hydrogen (secondary N) is 1. The van der Waals surface area contributed by atoms with Crippen LogP contribution in [-0.4, -0.2) is 31.4 Å². The molecule has 0 radical (unpaired) electrons. The maximum Gasteiger partial charge on any atom is 0.277 e. The molecular formula is C25H25N5O3. The minimum Gasteiger partial charge on any atom is -0.489 e. The molecule has 7 rings (SSSR count). The fourth-order valence-corrected chi connectivity index (χ4v) is 4.88. The molecule has 0 unspecified atom stereocenters. The van der Waals surface area contributed by atoms with E-state index in [-0.39, 0.29) is 23.1 Å². The standard InChI is InChI=1S/C25H25N5O3/c1-14(2)33-20-7-22-29-21(25-8-16(9-25)10-25)12-30(22)11-18(20)27-23(31)19-13-32-24(28-19)17-4-5-26-15(3)6-17/h4-7,11-14,16H,8-10H2,1-3H3,(H,27,31). The molecule has 4 aromatic rings. The van der Waals surface area contributed by atoms with Gasteiger partial charge < -0.3 is 18.9 Å². The lowest BCUT2D eigenvalue weighted by Crippen LogP contribution is -2.55. The molecular weight excluding hydrogens is 418 g/mol. The van der Waals surface area contributed by atoms with Crippen LogP contribution in [0.5, 0.6) is 5.75 Å². The van der Waals surface area contributed by atoms with Gasteiger partial charge in [-0.05, 0) is 58.1 Å². The van der Waals surface area contributed by atoms with Crippen LogP contribution in [0.2, 0.25) is 0 Å². The van der Waals surface area contributed by atoms with E-state index in [0.29, 0.717) is 17.3 Å². The maximum absolute atomic E-state index is 13.0. The number of amides is 1. The topological polar surface area (TPSA) is 94.6 Å². The number of oxazole rings is 1. The first-order valence-corrected chi connectivity index (χ1v) is 11.3. The third-order valence-corrected chi connectivity index (χ3v) is 6.63. The number of hydrogen-bond acceptors (Lipinski definition) is 6. The van der Waals surface area contributed by atoms with Gasteiger partial charge in [-0.1, -0.05) is 0 Å². The first-order valence-electron chi connectivity index (χ1n) is 11.3. The zero-order valence-corrected chi connectivity index (χ0v) is 18.8. The molecule has 3 aliphatic carbocycles. The molecule has 2 bridgehead atoms. The number of aryl methyl sites for hydroxylation is 1. The molecule has 4 heterocycles. The van der Waals surface area contributed by atoms with Gasteiger partial charge >= 0.3 is 0 Å². The van der Waals surface area contributed by atoms with Gasteiger partial charge in [0.15, 0.2) is 5.69 Å². The quantitative estimate of drug-likeness (QED) is 0.461. The van der Waals surface area contributed by atoms with E-state index in [9.17, 15) is 4.79 Å². The number of imidazole rings is 1. The van der Waals surface area contributed by atoms with E-state index in [0.717, 1.165) is 28.5 Å². The summed E-state index contributed by atoms with van der Waals surface area (Å²) in [4.78, 5) is 26.4. The Kier molecular flexibility index (Phi) is 4.33. The number of rotatable bonds is 6. The molecule has 3 saturated carbocycles. The van der Waals surface area contributed by atoms with Crippen LogP contribution >= 0.6 is 0 Å². The van der Waals surface area contributed by atoms with Crippen molar-refractivity contribution in [3.63, 3.8) is 0 Å². The molecule has 8 heteroatoms. The number of carbonyl (C=O) groups excluding carboxylic acids is 1. The summed E-state index contributed by atoms with van der Waals surface area (Å²) in [5, 5.41) is 2.94. The van der Waals surface area contributed by atoms with Crippen molar-refractivity contribution in [1.82, 2.24) is 19.4 Å². The van der Waals surface area contributed by atoms with Gasteiger partial charge in [0.05, 0.1) is 11.8 Å². The molecule has 1 N–H and O–H groups in total. The third-order valence-electron chi connectivity index (χ3n) is 6.63. The SMILES string of the molecule is Cc1cc(-c2nc(C(=O)Nc3cn4cc(C56CC(C5)C6)nc4cc3OC(C)C)co2)ccn1. The van der Waals surface area contributed by atoms with Gasteiger partial charge in [0.1, 0.15) is 23.3 Å². The largest absolute Gasteiger partial charge is 0.489 e. The highest BCUT2D eigenvalue weighted by molar-refractivity contribution is 6.03. The Hall–Kier alpha value is -3.68. The van der Waals surface area contributed by atoms with Crippen molar-refractivity contribution in [2.24, 2.45) is 5.92 Å². The smallest absolute Gasteiger partial charge is 0.277 e. The molecule has 1 amide bonds. The predicted molar refractivity (Wildman–Crippen MR) is 122 cm³/mol. The minimum absolute atomic E-state index is 0.0521. The summed E-state index contributed by atoms with van der Waals surface area (Å²) >= 11 is 0. The Morgan fingerprint density at radius 1 is 1.24 bits per heavy atom. The molecule has 168 valence electrons. The van der Waals surface area contributed by atoms with Crippen molar-refractivity contribution in [2.75, 3.05) is 5.32 Å². The Balaban J connectivity index is 1.30. The number of ether oxygens (including phenoxy) is 1. The first-order chi connectivity index (χ1) is 15.9. The highest BCUT2D eigenvalue weighted by atomic mass is 16.5. The molecule has 3 fully saturated rings. The van der Waals surface area contributed by atoms with Crippen LogP contribution in [0.3, 0.4) is 0 Å². The van der Waals surface area contributed by atoms with Crippen molar-refractivity contribution in [3.8, 4) is 17.2 Å². The maximum atomic E-state index is 13.0. The molecule has 0 aromatic carbocycles. The van der Waals surface area contributed by atoms with E-state index in [1.807, 2.05) is 43.5 Å². The van der Waals surface area contributed by atoms with E-state index in [2.05, 4.69) is 21.5 Å². The van der Waals surface area contributed by atoms with E-state index in [4.69, 9.17) is 14.1 Å². The van der Waals surface area contributed by atoms with Crippen molar-refractivity contribution in [2.45, 2.75) is 51.6 Å². The van der Waals surface area contributed by atoms with E-state index in [1.165, 1.54) is 25.5 Å². The molecule has 33 heavy (non-hydrogen) atoms. The number of hydrogen-bond donors (Lipinski definition) is 1. The Morgan fingerprint density at radius 2 is 2.06 bits per heavy atom. The lowest BCUT2D eigenvalue weighted by molar-refractivity contribution is -0.0304. The molecule has 0 aliphatic heterocycles. The van der Waals surface area contributed by atoms with Gasteiger partial charge in [0, 0.05) is 41.3 Å². The van der Waals surface area contributed by atoms with Gasteiger partial charge in [0.2, 0.25) is 5.89 Å². The van der Waals surface area contributed by atoms with Gasteiger partial charge in [-0.15, -0.1) is 0 Å². The fourth-order valence-electron chi connectivity index (χ4n) is 4.88. The molecule has 0 atom stereocenters. The number of fused-ring (bicyclic) bond motifs is 1. The van der Waals surface area contributed by atoms with Gasteiger partial charge in [-0.3, -0.25) is 9.78 Å². The highest BCUT2D eigenvalue weighted by Crippen LogP contribution is 2.64. The first kappa shape index (κ1) is 20.0. The Labute approximate surface area is 191 Å². The summed E-state index contributed by atoms with van der Waals surface area (Å²) in [6.07, 6.45) is 10.7. The third kappa shape index (κ3) is 3.37. The van der Waals surface area contributed by atoms with Crippen LogP contribution in [-0.2, 0) is 5.41 Å². The number of nitrogens with zero attached hydrogens (tertiary/aromatic N) is 4. The summed E-state index contributed by atoms with van der Waals surface area (Å²) < 4.78 is 13.5. The summed E-state index contributed by atoms with van der Waals surface area (Å²) in [5.74, 6) is 1.46. The second-order valence-electron chi connectivity index (χ2n) is 9.55. The molecule has 3 aliphatic rings. The monoisotopic (exact) mass is 443 g/mol. The van der Waals surface area contributed by atoms with Gasteiger partial charge in [-0.25, -0.2) is 9.97 Å². The molecule has 0 spiro atoms. The lowest BCUT2D eigenvalue weighted by atomic mass is 9.43. The van der Waals surface area contributed by atoms with Crippen molar-refractivity contribution in [1.29, 1.82) is 0 Å². The Bertz CT molecular complexity index is 1370. The normalized spacial score (nSPS) is 21.0. The average Bonchev–Trinajstić information content (AvgIpc) is 3.32. The molecule has 0 saturated heterocycles. The van der Waals surface area contributed by atoms with E-state index >= 15 is 0 Å². The highest BCUT2D eigenvalue weighted by Gasteiger charge is 2.58. The molecule has 8 nitrogen and oxygen atoms in total. The van der Waals surface area contributed by atoms with Crippen LogP contribution in [0.15, 0.2) is 47.5 Å². The van der Waals surface area contributed by atoms with Gasteiger partial charge in [0.25, 0.3) is 5.91 Å². The van der Waals surface area contributed by atoms with Crippen LogP contribution < -0.4 is 10.1 Å². The lowest BCUT2D eigenvalue weighted by Gasteiger charge is -2.61. The van der Waals surface area contributed by atoms with Crippen LogP contribution in [0.1, 0.15) is 55.0 Å². The summed E-state index contributed by atoms with van der Waals surface area (Å²) in [5.41, 5.74) is 4.59. The van der Waals surface area contributed by atoms with Crippen LogP contribution in [0.25, 0.3) is 17.1 Å². The second-order valence-corrected chi connectivity index (χ2v) is 9.55. The van der Waals surface area contributed by atoms with E-state index in [1.54, 1.807) is 12.3 Å². The van der Waals surface area contributed by atoms with Crippen LogP contribution in [0, 0.1) is 12.8 Å². The summed E-state index contributed by atoms with van der Waals surface area (Å²) in [7, 11) is 0. The summed E-state index contributed by atoms with van der Waals surface area (Å²) in [6, 6.07) is 5.54. The van der Waals surface area contributed by atoms with E-state index < -0.39 is 0 Å². The van der Waals surface area contributed by atoms with Gasteiger partial charge in [-0.2, -0.15) is 0 Å². The minimum atomic E-state index is -0.372. The average molecular weight is 444 g/mol.